The predicted octanol–water partition coefficient (Wildman–Crippen LogP) is 3.46. The van der Waals surface area contributed by atoms with Crippen LogP contribution in [0.3, 0.4) is 0 Å². The number of ether oxygens (including phenoxy) is 2. The van der Waals surface area contributed by atoms with E-state index in [-0.39, 0.29) is 0 Å². The first kappa shape index (κ1) is 14.1. The molecule has 1 aromatic rings. The van der Waals surface area contributed by atoms with Gasteiger partial charge in [-0.1, -0.05) is 12.8 Å². The number of rotatable bonds is 6. The van der Waals surface area contributed by atoms with Crippen LogP contribution < -0.4 is 14.8 Å². The molecule has 3 rings (SSSR count). The van der Waals surface area contributed by atoms with Crippen LogP contribution in [0.15, 0.2) is 17.0 Å². The number of fused-ring (bicyclic) bond motifs is 1. The summed E-state index contributed by atoms with van der Waals surface area (Å²) < 4.78 is 11.3. The topological polar surface area (TPSA) is 30.5 Å². The largest absolute Gasteiger partial charge is 0.486 e. The molecule has 1 saturated carbocycles. The molecule has 0 spiro atoms. The molecule has 0 bridgehead atoms. The van der Waals surface area contributed by atoms with Crippen LogP contribution in [-0.4, -0.2) is 25.5 Å². The van der Waals surface area contributed by atoms with Gasteiger partial charge in [-0.15, -0.1) is 11.8 Å². The van der Waals surface area contributed by atoms with Crippen LogP contribution in [-0.2, 0) is 6.54 Å². The Balaban J connectivity index is 1.67. The van der Waals surface area contributed by atoms with Gasteiger partial charge in [0.2, 0.25) is 0 Å². The fourth-order valence-corrected chi connectivity index (χ4v) is 3.28. The zero-order valence-electron chi connectivity index (χ0n) is 12.3. The minimum atomic E-state index is 0.588. The van der Waals surface area contributed by atoms with Gasteiger partial charge in [-0.2, -0.15) is 0 Å². The van der Waals surface area contributed by atoms with Gasteiger partial charge in [-0.25, -0.2) is 0 Å². The second-order valence-electron chi connectivity index (χ2n) is 5.77. The molecule has 1 unspecified atom stereocenters. The van der Waals surface area contributed by atoms with Gasteiger partial charge < -0.3 is 14.8 Å². The SMILES string of the molecule is CSc1cc2c(cc1CNC(C)CC1CC1)OCCO2. The average Bonchev–Trinajstić information content (AvgIpc) is 3.28. The fourth-order valence-electron chi connectivity index (χ4n) is 2.66. The van der Waals surface area contributed by atoms with E-state index in [2.05, 4.69) is 30.6 Å². The van der Waals surface area contributed by atoms with Gasteiger partial charge in [0, 0.05) is 17.5 Å². The van der Waals surface area contributed by atoms with Gasteiger partial charge in [0.05, 0.1) is 0 Å². The van der Waals surface area contributed by atoms with Gasteiger partial charge in [0.25, 0.3) is 0 Å². The Morgan fingerprint density at radius 3 is 2.60 bits per heavy atom. The smallest absolute Gasteiger partial charge is 0.162 e. The van der Waals surface area contributed by atoms with Crippen LogP contribution in [0.5, 0.6) is 11.5 Å². The Kier molecular flexibility index (Phi) is 4.41. The van der Waals surface area contributed by atoms with Crippen LogP contribution in [0, 0.1) is 5.92 Å². The minimum Gasteiger partial charge on any atom is -0.486 e. The van der Waals surface area contributed by atoms with Crippen molar-refractivity contribution in [1.29, 1.82) is 0 Å². The van der Waals surface area contributed by atoms with E-state index in [4.69, 9.17) is 9.47 Å². The number of nitrogens with one attached hydrogen (secondary N) is 1. The highest BCUT2D eigenvalue weighted by Gasteiger charge is 2.23. The van der Waals surface area contributed by atoms with E-state index in [0.29, 0.717) is 19.3 Å². The van der Waals surface area contributed by atoms with Gasteiger partial charge in [-0.05, 0) is 43.2 Å². The van der Waals surface area contributed by atoms with E-state index >= 15 is 0 Å². The minimum absolute atomic E-state index is 0.588. The number of thioether (sulfide) groups is 1. The quantitative estimate of drug-likeness (QED) is 0.814. The van der Waals surface area contributed by atoms with Crippen LogP contribution in [0.4, 0.5) is 0 Å². The van der Waals surface area contributed by atoms with Crippen molar-refractivity contribution >= 4 is 11.8 Å². The Hall–Kier alpha value is -0.870. The third kappa shape index (κ3) is 3.41. The Bertz CT molecular complexity index is 474. The molecule has 0 aromatic heterocycles. The lowest BCUT2D eigenvalue weighted by Crippen LogP contribution is -2.26. The molecule has 20 heavy (non-hydrogen) atoms. The molecule has 0 radical (unpaired) electrons. The highest BCUT2D eigenvalue weighted by molar-refractivity contribution is 7.98. The van der Waals surface area contributed by atoms with Crippen molar-refractivity contribution < 1.29 is 9.47 Å². The molecular weight excluding hydrogens is 270 g/mol. The standard InChI is InChI=1S/C16H23NO2S/c1-11(7-12-3-4-12)17-10-13-8-14-15(9-16(13)20-2)19-6-5-18-14/h8-9,11-12,17H,3-7,10H2,1-2H3. The number of hydrogen-bond acceptors (Lipinski definition) is 4. The molecule has 1 fully saturated rings. The zero-order chi connectivity index (χ0) is 13.9. The zero-order valence-corrected chi connectivity index (χ0v) is 13.1. The predicted molar refractivity (Wildman–Crippen MR) is 82.9 cm³/mol. The van der Waals surface area contributed by atoms with Crippen molar-refractivity contribution in [2.45, 2.75) is 43.7 Å². The molecule has 0 saturated heterocycles. The fraction of sp³-hybridized carbons (Fsp3) is 0.625. The summed E-state index contributed by atoms with van der Waals surface area (Å²) in [6.45, 7) is 4.49. The molecule has 3 nitrogen and oxygen atoms in total. The normalized spacial score (nSPS) is 18.9. The highest BCUT2D eigenvalue weighted by atomic mass is 32.2. The molecule has 1 aliphatic heterocycles. The molecule has 1 heterocycles. The first-order valence-corrected chi connectivity index (χ1v) is 8.68. The number of hydrogen-bond donors (Lipinski definition) is 1. The van der Waals surface area contributed by atoms with Crippen molar-refractivity contribution in [2.24, 2.45) is 5.92 Å². The third-order valence-corrected chi connectivity index (χ3v) is 4.79. The van der Waals surface area contributed by atoms with E-state index in [1.54, 1.807) is 11.8 Å². The van der Waals surface area contributed by atoms with Crippen molar-refractivity contribution in [2.75, 3.05) is 19.5 Å². The molecule has 110 valence electrons. The van der Waals surface area contributed by atoms with E-state index in [1.807, 2.05) is 0 Å². The van der Waals surface area contributed by atoms with Crippen LogP contribution in [0.25, 0.3) is 0 Å². The van der Waals surface area contributed by atoms with E-state index in [1.165, 1.54) is 29.7 Å². The Morgan fingerprint density at radius 2 is 1.95 bits per heavy atom. The summed E-state index contributed by atoms with van der Waals surface area (Å²) in [6, 6.07) is 4.84. The average molecular weight is 293 g/mol. The lowest BCUT2D eigenvalue weighted by atomic mass is 10.1. The van der Waals surface area contributed by atoms with Gasteiger partial charge in [0.15, 0.2) is 11.5 Å². The molecular formula is C16H23NO2S. The summed E-state index contributed by atoms with van der Waals surface area (Å²) in [7, 11) is 0. The van der Waals surface area contributed by atoms with E-state index in [0.717, 1.165) is 24.0 Å². The van der Waals surface area contributed by atoms with Crippen molar-refractivity contribution in [3.05, 3.63) is 17.7 Å². The van der Waals surface area contributed by atoms with Crippen molar-refractivity contribution in [3.8, 4) is 11.5 Å². The van der Waals surface area contributed by atoms with Gasteiger partial charge in [0.1, 0.15) is 13.2 Å². The molecule has 2 aliphatic rings. The maximum absolute atomic E-state index is 5.68. The summed E-state index contributed by atoms with van der Waals surface area (Å²) in [5, 5.41) is 3.64. The first-order valence-electron chi connectivity index (χ1n) is 7.46. The molecule has 0 amide bonds. The third-order valence-electron chi connectivity index (χ3n) is 3.97. The maximum Gasteiger partial charge on any atom is 0.162 e. The van der Waals surface area contributed by atoms with Crippen LogP contribution >= 0.6 is 11.8 Å². The van der Waals surface area contributed by atoms with Gasteiger partial charge in [-0.3, -0.25) is 0 Å². The summed E-state index contributed by atoms with van der Waals surface area (Å²) in [6.07, 6.45) is 6.26. The second-order valence-corrected chi connectivity index (χ2v) is 6.62. The first-order chi connectivity index (χ1) is 9.76. The molecule has 4 heteroatoms. The lowest BCUT2D eigenvalue weighted by molar-refractivity contribution is 0.171. The van der Waals surface area contributed by atoms with Crippen molar-refractivity contribution in [1.82, 2.24) is 5.32 Å². The lowest BCUT2D eigenvalue weighted by Gasteiger charge is -2.21. The molecule has 1 aliphatic carbocycles. The molecule has 1 atom stereocenters. The summed E-state index contributed by atoms with van der Waals surface area (Å²) in [5.74, 6) is 2.74. The van der Waals surface area contributed by atoms with Crippen molar-refractivity contribution in [3.63, 3.8) is 0 Å². The second kappa shape index (κ2) is 6.27. The monoisotopic (exact) mass is 293 g/mol. The summed E-state index contributed by atoms with van der Waals surface area (Å²) >= 11 is 1.77. The van der Waals surface area contributed by atoms with E-state index < -0.39 is 0 Å². The van der Waals surface area contributed by atoms with Gasteiger partial charge >= 0.3 is 0 Å². The summed E-state index contributed by atoms with van der Waals surface area (Å²) in [5.41, 5.74) is 1.31. The Morgan fingerprint density at radius 1 is 1.25 bits per heavy atom. The molecule has 1 aromatic carbocycles. The maximum atomic E-state index is 5.68. The van der Waals surface area contributed by atoms with E-state index in [9.17, 15) is 0 Å². The molecule has 1 N–H and O–H groups in total. The summed E-state index contributed by atoms with van der Waals surface area (Å²) in [4.78, 5) is 1.28. The number of benzene rings is 1. The van der Waals surface area contributed by atoms with Crippen LogP contribution in [0.2, 0.25) is 0 Å². The Labute approximate surface area is 125 Å². The highest BCUT2D eigenvalue weighted by Crippen LogP contribution is 2.37. The van der Waals surface area contributed by atoms with Crippen LogP contribution in [0.1, 0.15) is 31.7 Å².